The molecule has 0 saturated heterocycles. The van der Waals surface area contributed by atoms with Gasteiger partial charge in [-0.1, -0.05) is 27.7 Å². The first kappa shape index (κ1) is 21.5. The summed E-state index contributed by atoms with van der Waals surface area (Å²) in [7, 11) is 0. The second-order valence-corrected chi connectivity index (χ2v) is 7.82. The quantitative estimate of drug-likeness (QED) is 0.676. The molecule has 3 rings (SSSR count). The van der Waals surface area contributed by atoms with Gasteiger partial charge in [0.2, 0.25) is 5.43 Å². The Hall–Kier alpha value is -3.16. The molecule has 1 N–H and O–H groups in total. The van der Waals surface area contributed by atoms with Crippen molar-refractivity contribution >= 4 is 16.9 Å². The molecule has 3 aromatic rings. The maximum atomic E-state index is 14.5. The van der Waals surface area contributed by atoms with Crippen LogP contribution in [-0.2, 0) is 0 Å². The number of nitrogens with zero attached hydrogens (tertiary/aromatic N) is 2. The Morgan fingerprint density at radius 1 is 1.07 bits per heavy atom. The van der Waals surface area contributed by atoms with Gasteiger partial charge in [-0.05, 0) is 24.0 Å². The van der Waals surface area contributed by atoms with Crippen molar-refractivity contribution in [2.24, 2.45) is 11.8 Å². The van der Waals surface area contributed by atoms with Gasteiger partial charge in [-0.25, -0.2) is 18.2 Å². The first-order valence-corrected chi connectivity index (χ1v) is 9.58. The van der Waals surface area contributed by atoms with Gasteiger partial charge in [0.05, 0.1) is 5.39 Å². The zero-order valence-corrected chi connectivity index (χ0v) is 17.0. The van der Waals surface area contributed by atoms with Crippen molar-refractivity contribution in [1.82, 2.24) is 14.9 Å². The molecule has 2 heterocycles. The molecular formula is C22H22F3N3O2. The third kappa shape index (κ3) is 3.94. The lowest BCUT2D eigenvalue weighted by molar-refractivity contribution is 0.0909. The van der Waals surface area contributed by atoms with E-state index in [1.165, 1.54) is 18.3 Å². The lowest BCUT2D eigenvalue weighted by atomic mass is 9.93. The number of rotatable bonds is 5. The normalized spacial score (nSPS) is 11.7. The molecular weight excluding hydrogens is 395 g/mol. The summed E-state index contributed by atoms with van der Waals surface area (Å²) in [5, 5.41) is 2.85. The number of amides is 1. The minimum Gasteiger partial charge on any atom is -0.349 e. The van der Waals surface area contributed by atoms with Gasteiger partial charge in [0.1, 0.15) is 22.7 Å². The summed E-state index contributed by atoms with van der Waals surface area (Å²) < 4.78 is 43.3. The zero-order valence-electron chi connectivity index (χ0n) is 17.0. The predicted molar refractivity (Wildman–Crippen MR) is 108 cm³/mol. The SMILES string of the molecule is CC(C)C(NC(=O)c1cn(-c2c(F)cc(F)cc2F)c2ncccc2c1=O)C(C)C. The first-order chi connectivity index (χ1) is 14.1. The van der Waals surface area contributed by atoms with Crippen LogP contribution < -0.4 is 10.7 Å². The fraction of sp³-hybridized carbons (Fsp3) is 0.318. The summed E-state index contributed by atoms with van der Waals surface area (Å²) in [4.78, 5) is 29.9. The molecule has 158 valence electrons. The molecule has 0 radical (unpaired) electrons. The monoisotopic (exact) mass is 417 g/mol. The van der Waals surface area contributed by atoms with Crippen LogP contribution in [0.15, 0.2) is 41.5 Å². The second kappa shape index (κ2) is 8.30. The average molecular weight is 417 g/mol. The second-order valence-electron chi connectivity index (χ2n) is 7.82. The lowest BCUT2D eigenvalue weighted by Crippen LogP contribution is -2.43. The summed E-state index contributed by atoms with van der Waals surface area (Å²) in [5.74, 6) is -3.90. The van der Waals surface area contributed by atoms with Gasteiger partial charge in [0, 0.05) is 30.6 Å². The van der Waals surface area contributed by atoms with Crippen molar-refractivity contribution in [3.8, 4) is 5.69 Å². The topological polar surface area (TPSA) is 64.0 Å². The van der Waals surface area contributed by atoms with E-state index in [1.54, 1.807) is 0 Å². The van der Waals surface area contributed by atoms with Gasteiger partial charge in [-0.15, -0.1) is 0 Å². The highest BCUT2D eigenvalue weighted by Crippen LogP contribution is 2.23. The largest absolute Gasteiger partial charge is 0.349 e. The number of fused-ring (bicyclic) bond motifs is 1. The maximum Gasteiger partial charge on any atom is 0.257 e. The van der Waals surface area contributed by atoms with Gasteiger partial charge in [-0.2, -0.15) is 0 Å². The molecule has 0 spiro atoms. The fourth-order valence-corrected chi connectivity index (χ4v) is 3.59. The number of hydrogen-bond donors (Lipinski definition) is 1. The zero-order chi connectivity index (χ0) is 22.2. The van der Waals surface area contributed by atoms with E-state index in [2.05, 4.69) is 10.3 Å². The van der Waals surface area contributed by atoms with Crippen LogP contribution in [0.5, 0.6) is 0 Å². The standard InChI is InChI=1S/C22H22F3N3O2/c1-11(2)18(12(3)4)27-22(30)15-10-28(19-16(24)8-13(23)9-17(19)25)21-14(20(15)29)6-5-7-26-21/h5-12,18H,1-4H3,(H,27,30). The first-order valence-electron chi connectivity index (χ1n) is 9.58. The molecule has 30 heavy (non-hydrogen) atoms. The molecule has 0 aliphatic rings. The Labute approximate surface area is 171 Å². The van der Waals surface area contributed by atoms with E-state index in [4.69, 9.17) is 0 Å². The molecule has 8 heteroatoms. The Balaban J connectivity index is 2.25. The molecule has 0 atom stereocenters. The summed E-state index contributed by atoms with van der Waals surface area (Å²) in [6, 6.07) is 3.74. The molecule has 1 aromatic carbocycles. The third-order valence-corrected chi connectivity index (χ3v) is 4.96. The van der Waals surface area contributed by atoms with E-state index in [-0.39, 0.29) is 34.5 Å². The number of aromatic nitrogens is 2. The molecule has 0 bridgehead atoms. The maximum absolute atomic E-state index is 14.5. The van der Waals surface area contributed by atoms with Crippen molar-refractivity contribution in [2.45, 2.75) is 33.7 Å². The number of carbonyl (C=O) groups is 1. The predicted octanol–water partition coefficient (Wildman–Crippen LogP) is 4.21. The highest BCUT2D eigenvalue weighted by molar-refractivity contribution is 5.97. The highest BCUT2D eigenvalue weighted by atomic mass is 19.1. The van der Waals surface area contributed by atoms with Crippen LogP contribution in [-0.4, -0.2) is 21.5 Å². The number of nitrogens with one attached hydrogen (secondary N) is 1. The van der Waals surface area contributed by atoms with Crippen LogP contribution in [0.25, 0.3) is 16.7 Å². The van der Waals surface area contributed by atoms with Crippen molar-refractivity contribution in [2.75, 3.05) is 0 Å². The van der Waals surface area contributed by atoms with Crippen molar-refractivity contribution in [3.05, 3.63) is 69.9 Å². The van der Waals surface area contributed by atoms with Gasteiger partial charge < -0.3 is 5.32 Å². The van der Waals surface area contributed by atoms with Crippen LogP contribution >= 0.6 is 0 Å². The molecule has 0 aliphatic carbocycles. The summed E-state index contributed by atoms with van der Waals surface area (Å²) in [6.07, 6.45) is 2.40. The van der Waals surface area contributed by atoms with E-state index < -0.39 is 34.5 Å². The van der Waals surface area contributed by atoms with Crippen LogP contribution in [0, 0.1) is 29.3 Å². The Morgan fingerprint density at radius 2 is 1.67 bits per heavy atom. The lowest BCUT2D eigenvalue weighted by Gasteiger charge is -2.26. The summed E-state index contributed by atoms with van der Waals surface area (Å²) in [5.41, 5.74) is -1.57. The van der Waals surface area contributed by atoms with Gasteiger partial charge in [0.25, 0.3) is 5.91 Å². The van der Waals surface area contributed by atoms with E-state index in [0.29, 0.717) is 12.1 Å². The van der Waals surface area contributed by atoms with Gasteiger partial charge in [0.15, 0.2) is 11.6 Å². The minimum absolute atomic E-state index is 0.0129. The fourth-order valence-electron chi connectivity index (χ4n) is 3.59. The molecule has 1 amide bonds. The molecule has 0 unspecified atom stereocenters. The molecule has 0 fully saturated rings. The summed E-state index contributed by atoms with van der Waals surface area (Å²) >= 11 is 0. The van der Waals surface area contributed by atoms with Crippen molar-refractivity contribution in [3.63, 3.8) is 0 Å². The molecule has 0 aliphatic heterocycles. The minimum atomic E-state index is -1.18. The van der Waals surface area contributed by atoms with Crippen LogP contribution in [0.2, 0.25) is 0 Å². The van der Waals surface area contributed by atoms with E-state index >= 15 is 0 Å². The van der Waals surface area contributed by atoms with Crippen molar-refractivity contribution in [1.29, 1.82) is 0 Å². The van der Waals surface area contributed by atoms with E-state index in [1.807, 2.05) is 27.7 Å². The number of pyridine rings is 2. The number of carbonyl (C=O) groups excluding carboxylic acids is 1. The number of benzene rings is 1. The average Bonchev–Trinajstić information content (AvgIpc) is 2.66. The summed E-state index contributed by atoms with van der Waals surface area (Å²) in [6.45, 7) is 7.77. The Morgan fingerprint density at radius 3 is 2.23 bits per heavy atom. The smallest absolute Gasteiger partial charge is 0.257 e. The Bertz CT molecular complexity index is 1140. The molecule has 5 nitrogen and oxygen atoms in total. The number of hydrogen-bond acceptors (Lipinski definition) is 3. The third-order valence-electron chi connectivity index (χ3n) is 4.96. The number of halogens is 3. The molecule has 2 aromatic heterocycles. The molecule has 0 saturated carbocycles. The van der Waals surface area contributed by atoms with Gasteiger partial charge in [-0.3, -0.25) is 14.2 Å². The van der Waals surface area contributed by atoms with E-state index in [9.17, 15) is 22.8 Å². The van der Waals surface area contributed by atoms with E-state index in [0.717, 1.165) is 10.8 Å². The Kier molecular flexibility index (Phi) is 5.96. The highest BCUT2D eigenvalue weighted by Gasteiger charge is 2.25. The van der Waals surface area contributed by atoms with Gasteiger partial charge >= 0.3 is 0 Å². The van der Waals surface area contributed by atoms with Crippen LogP contribution in [0.1, 0.15) is 38.1 Å². The van der Waals surface area contributed by atoms with Crippen molar-refractivity contribution < 1.29 is 18.0 Å². The van der Waals surface area contributed by atoms with Crippen LogP contribution in [0.3, 0.4) is 0 Å². The van der Waals surface area contributed by atoms with Crippen LogP contribution in [0.4, 0.5) is 13.2 Å².